The second-order valence-electron chi connectivity index (χ2n) is 6.08. The van der Waals surface area contributed by atoms with Crippen LogP contribution in [0.2, 0.25) is 0 Å². The average Bonchev–Trinajstić information content (AvgIpc) is 3.22. The van der Waals surface area contributed by atoms with E-state index in [1.165, 1.54) is 6.20 Å². The third kappa shape index (κ3) is 5.70. The summed E-state index contributed by atoms with van der Waals surface area (Å²) in [6.45, 7) is 0.965. The number of H-pyrrole nitrogens is 1. The van der Waals surface area contributed by atoms with E-state index >= 15 is 0 Å². The fourth-order valence-corrected chi connectivity index (χ4v) is 2.71. The Morgan fingerprint density at radius 2 is 2.40 bits per heavy atom. The molecule has 0 radical (unpaired) electrons. The van der Waals surface area contributed by atoms with Crippen LogP contribution in [-0.4, -0.2) is 35.1 Å². The lowest BCUT2D eigenvalue weighted by Gasteiger charge is -2.15. The number of aromatic nitrogens is 2. The molecule has 1 aliphatic carbocycles. The molecule has 0 bridgehead atoms. The number of alkyl carbamates (subject to hydrolysis) is 1. The van der Waals surface area contributed by atoms with E-state index in [1.54, 1.807) is 19.1 Å². The van der Waals surface area contributed by atoms with Crippen molar-refractivity contribution in [3.63, 3.8) is 0 Å². The van der Waals surface area contributed by atoms with E-state index in [0.29, 0.717) is 18.1 Å². The molecule has 25 heavy (non-hydrogen) atoms. The van der Waals surface area contributed by atoms with Crippen LogP contribution in [0.4, 0.5) is 15.0 Å². The molecule has 1 saturated carbocycles. The molecule has 3 atom stereocenters. The summed E-state index contributed by atoms with van der Waals surface area (Å²) in [6, 6.07) is 1.34. The molecule has 1 aromatic rings. The van der Waals surface area contributed by atoms with Crippen LogP contribution in [0.3, 0.4) is 0 Å². The number of anilines is 1. The van der Waals surface area contributed by atoms with Gasteiger partial charge in [0.15, 0.2) is 5.82 Å². The third-order valence-electron chi connectivity index (χ3n) is 3.95. The number of aromatic amines is 1. The maximum absolute atomic E-state index is 12.4. The second-order valence-corrected chi connectivity index (χ2v) is 6.08. The number of nitrogens with zero attached hydrogens (tertiary/aromatic N) is 1. The van der Waals surface area contributed by atoms with Crippen molar-refractivity contribution in [3.8, 4) is 0 Å². The normalized spacial score (nSPS) is 22.1. The predicted molar refractivity (Wildman–Crippen MR) is 93.2 cm³/mol. The Morgan fingerprint density at radius 1 is 1.60 bits per heavy atom. The van der Waals surface area contributed by atoms with Crippen molar-refractivity contribution in [3.05, 3.63) is 35.9 Å². The number of alkyl halides is 1. The van der Waals surface area contributed by atoms with Crippen LogP contribution in [0.15, 0.2) is 30.2 Å². The van der Waals surface area contributed by atoms with Gasteiger partial charge in [-0.2, -0.15) is 5.10 Å². The van der Waals surface area contributed by atoms with Gasteiger partial charge in [0, 0.05) is 17.7 Å². The quantitative estimate of drug-likeness (QED) is 0.476. The standard InChI is InChI=1S/C16H25FN6O2/c1-10(9-17)20-16(24)25-12-5-4-11(7-12)13-8-15(23-22-13)21-14(19)3-2-6-18/h2-3,6,8,10-12H,4-5,7,9,18-19H2,1H3,(H,20,24)(H2,21,22,23)/b6-2-,14-3+. The number of allylic oxidation sites excluding steroid dienone is 2. The first-order valence-corrected chi connectivity index (χ1v) is 8.21. The fourth-order valence-electron chi connectivity index (χ4n) is 2.71. The van der Waals surface area contributed by atoms with E-state index in [0.717, 1.165) is 18.5 Å². The van der Waals surface area contributed by atoms with Gasteiger partial charge in [-0.15, -0.1) is 0 Å². The topological polar surface area (TPSA) is 131 Å². The van der Waals surface area contributed by atoms with Crippen molar-refractivity contribution < 1.29 is 13.9 Å². The highest BCUT2D eigenvalue weighted by atomic mass is 19.1. The van der Waals surface area contributed by atoms with Crippen molar-refractivity contribution in [1.82, 2.24) is 15.5 Å². The molecule has 2 rings (SSSR count). The summed E-state index contributed by atoms with van der Waals surface area (Å²) in [6.07, 6.45) is 6.19. The lowest BCUT2D eigenvalue weighted by atomic mass is 10.0. The molecule has 0 saturated heterocycles. The van der Waals surface area contributed by atoms with Crippen LogP contribution in [0.1, 0.15) is 37.8 Å². The molecule has 1 heterocycles. The Labute approximate surface area is 145 Å². The molecule has 1 fully saturated rings. The number of nitrogens with two attached hydrogens (primary N) is 2. The Balaban J connectivity index is 1.85. The summed E-state index contributed by atoms with van der Waals surface area (Å²) in [5.41, 5.74) is 12.0. The molecule has 1 amide bonds. The fraction of sp³-hybridized carbons (Fsp3) is 0.500. The smallest absolute Gasteiger partial charge is 0.407 e. The number of halogens is 1. The van der Waals surface area contributed by atoms with Crippen molar-refractivity contribution in [2.75, 3.05) is 12.0 Å². The summed E-state index contributed by atoms with van der Waals surface area (Å²) < 4.78 is 17.7. The minimum Gasteiger partial charge on any atom is -0.446 e. The summed E-state index contributed by atoms with van der Waals surface area (Å²) in [5.74, 6) is 1.24. The molecule has 0 aromatic carbocycles. The van der Waals surface area contributed by atoms with E-state index in [9.17, 15) is 9.18 Å². The zero-order valence-corrected chi connectivity index (χ0v) is 14.2. The summed E-state index contributed by atoms with van der Waals surface area (Å²) in [4.78, 5) is 11.7. The van der Waals surface area contributed by atoms with E-state index in [-0.39, 0.29) is 12.0 Å². The van der Waals surface area contributed by atoms with Crippen LogP contribution in [-0.2, 0) is 4.74 Å². The van der Waals surface area contributed by atoms with Crippen LogP contribution in [0, 0.1) is 0 Å². The Kier molecular flexibility index (Phi) is 6.67. The maximum Gasteiger partial charge on any atom is 0.407 e. The molecule has 9 heteroatoms. The van der Waals surface area contributed by atoms with Gasteiger partial charge in [0.05, 0.1) is 6.04 Å². The van der Waals surface area contributed by atoms with Gasteiger partial charge in [-0.25, -0.2) is 9.18 Å². The molecule has 0 spiro atoms. The van der Waals surface area contributed by atoms with Crippen LogP contribution >= 0.6 is 0 Å². The van der Waals surface area contributed by atoms with Crippen molar-refractivity contribution in [2.24, 2.45) is 11.5 Å². The number of ether oxygens (including phenoxy) is 1. The monoisotopic (exact) mass is 352 g/mol. The van der Waals surface area contributed by atoms with E-state index < -0.39 is 18.8 Å². The van der Waals surface area contributed by atoms with Crippen molar-refractivity contribution in [2.45, 2.75) is 44.2 Å². The SMILES string of the molecule is CC(CF)NC(=O)OC1CCC(c2cc(N/C(N)=C/C=C\N)n[nH]2)C1. The number of nitrogens with one attached hydrogen (secondary N) is 3. The average molecular weight is 352 g/mol. The first kappa shape index (κ1) is 18.6. The van der Waals surface area contributed by atoms with Gasteiger partial charge in [0.1, 0.15) is 18.6 Å². The Hall–Kier alpha value is -2.71. The molecule has 1 aromatic heterocycles. The predicted octanol–water partition coefficient (Wildman–Crippen LogP) is 1.81. The van der Waals surface area contributed by atoms with Gasteiger partial charge in [-0.3, -0.25) is 5.10 Å². The summed E-state index contributed by atoms with van der Waals surface area (Å²) >= 11 is 0. The summed E-state index contributed by atoms with van der Waals surface area (Å²) in [7, 11) is 0. The molecule has 3 unspecified atom stereocenters. The third-order valence-corrected chi connectivity index (χ3v) is 3.95. The largest absolute Gasteiger partial charge is 0.446 e. The van der Waals surface area contributed by atoms with Gasteiger partial charge >= 0.3 is 6.09 Å². The Morgan fingerprint density at radius 3 is 3.12 bits per heavy atom. The van der Waals surface area contributed by atoms with Crippen LogP contribution < -0.4 is 22.1 Å². The zero-order chi connectivity index (χ0) is 18.2. The van der Waals surface area contributed by atoms with Gasteiger partial charge in [-0.1, -0.05) is 0 Å². The molecular formula is C16H25FN6O2. The van der Waals surface area contributed by atoms with E-state index in [2.05, 4.69) is 20.8 Å². The minimum atomic E-state index is -0.620. The molecular weight excluding hydrogens is 327 g/mol. The highest BCUT2D eigenvalue weighted by Crippen LogP contribution is 2.35. The number of hydrogen-bond donors (Lipinski definition) is 5. The minimum absolute atomic E-state index is 0.184. The molecule has 1 aliphatic rings. The van der Waals surface area contributed by atoms with E-state index in [1.807, 2.05) is 6.07 Å². The van der Waals surface area contributed by atoms with Gasteiger partial charge in [0.25, 0.3) is 0 Å². The van der Waals surface area contributed by atoms with Gasteiger partial charge in [0.2, 0.25) is 0 Å². The summed E-state index contributed by atoms with van der Waals surface area (Å²) in [5, 5.41) is 12.6. The highest BCUT2D eigenvalue weighted by Gasteiger charge is 2.30. The molecule has 0 aliphatic heterocycles. The maximum atomic E-state index is 12.4. The lowest BCUT2D eigenvalue weighted by molar-refractivity contribution is 0.0964. The number of hydrogen-bond acceptors (Lipinski definition) is 6. The second kappa shape index (κ2) is 8.95. The zero-order valence-electron chi connectivity index (χ0n) is 14.2. The molecule has 7 N–H and O–H groups in total. The number of carbonyl (C=O) groups is 1. The van der Waals surface area contributed by atoms with Crippen molar-refractivity contribution in [1.29, 1.82) is 0 Å². The van der Waals surface area contributed by atoms with Crippen molar-refractivity contribution >= 4 is 11.9 Å². The van der Waals surface area contributed by atoms with Gasteiger partial charge in [-0.05, 0) is 44.5 Å². The molecule has 8 nitrogen and oxygen atoms in total. The highest BCUT2D eigenvalue weighted by molar-refractivity contribution is 5.67. The van der Waals surface area contributed by atoms with Gasteiger partial charge < -0.3 is 26.8 Å². The van der Waals surface area contributed by atoms with Crippen LogP contribution in [0.25, 0.3) is 0 Å². The lowest BCUT2D eigenvalue weighted by Crippen LogP contribution is -2.36. The number of rotatable bonds is 7. The first-order valence-electron chi connectivity index (χ1n) is 8.21. The van der Waals surface area contributed by atoms with Crippen LogP contribution in [0.5, 0.6) is 0 Å². The van der Waals surface area contributed by atoms with E-state index in [4.69, 9.17) is 16.2 Å². The Bertz CT molecular complexity index is 630. The number of carbonyl (C=O) groups excluding carboxylic acids is 1. The number of amides is 1. The first-order chi connectivity index (χ1) is 12.0. The molecule has 138 valence electrons.